The van der Waals surface area contributed by atoms with E-state index in [9.17, 15) is 9.59 Å². The third-order valence-corrected chi connectivity index (χ3v) is 3.28. The van der Waals surface area contributed by atoms with Crippen molar-refractivity contribution < 1.29 is 14.3 Å². The molecule has 1 amide bonds. The molecule has 0 saturated carbocycles. The molecule has 0 fully saturated rings. The molecule has 0 atom stereocenters. The first-order valence-corrected chi connectivity index (χ1v) is 8.00. The van der Waals surface area contributed by atoms with Crippen molar-refractivity contribution in [3.05, 3.63) is 35.4 Å². The average Bonchev–Trinajstić information content (AvgIpc) is 2.61. The maximum Gasteiger partial charge on any atom is 0.307 e. The van der Waals surface area contributed by atoms with Gasteiger partial charge < -0.3 is 20.7 Å². The van der Waals surface area contributed by atoms with Gasteiger partial charge in [0.2, 0.25) is 0 Å². The highest BCUT2D eigenvalue weighted by Crippen LogP contribution is 2.05. The molecule has 1 aromatic rings. The molecule has 0 unspecified atom stereocenters. The molecular formula is C17H27IN4O3. The summed E-state index contributed by atoms with van der Waals surface area (Å²) in [4.78, 5) is 27.1. The van der Waals surface area contributed by atoms with Crippen LogP contribution in [0.1, 0.15) is 29.3 Å². The predicted octanol–water partition coefficient (Wildman–Crippen LogP) is 1.32. The summed E-state index contributed by atoms with van der Waals surface area (Å²) in [7, 11) is 2.98. The largest absolute Gasteiger partial charge is 0.469 e. The van der Waals surface area contributed by atoms with E-state index in [1.54, 1.807) is 13.1 Å². The number of halogens is 1. The number of ether oxygens (including phenoxy) is 1. The van der Waals surface area contributed by atoms with Crippen molar-refractivity contribution in [1.29, 1.82) is 0 Å². The Morgan fingerprint density at radius 1 is 1.24 bits per heavy atom. The summed E-state index contributed by atoms with van der Waals surface area (Å²) in [5.74, 6) is 0.284. The Balaban J connectivity index is 0.00000576. The molecule has 0 radical (unpaired) electrons. The van der Waals surface area contributed by atoms with Crippen molar-refractivity contribution >= 4 is 41.8 Å². The molecule has 7 nitrogen and oxygen atoms in total. The van der Waals surface area contributed by atoms with Crippen molar-refractivity contribution in [1.82, 2.24) is 16.0 Å². The second-order valence-electron chi connectivity index (χ2n) is 5.04. The Labute approximate surface area is 166 Å². The van der Waals surface area contributed by atoms with E-state index in [2.05, 4.69) is 25.7 Å². The lowest BCUT2D eigenvalue weighted by Gasteiger charge is -2.11. The van der Waals surface area contributed by atoms with Gasteiger partial charge in [0.25, 0.3) is 5.91 Å². The standard InChI is InChI=1S/C17H26N4O3.HI/c1-4-19-17(21-11-9-15(22)24-3)20-10-8-13-6-5-7-14(12-13)16(23)18-2;/h5-7,12H,4,8-11H2,1-3H3,(H,18,23)(H2,19,20,21);1H. The zero-order chi connectivity index (χ0) is 17.8. The minimum absolute atomic E-state index is 0. The summed E-state index contributed by atoms with van der Waals surface area (Å²) in [5.41, 5.74) is 1.71. The Bertz CT molecular complexity index is 579. The first kappa shape index (κ1) is 23.2. The number of rotatable bonds is 8. The lowest BCUT2D eigenvalue weighted by Crippen LogP contribution is -2.38. The topological polar surface area (TPSA) is 91.8 Å². The number of esters is 1. The molecule has 1 aromatic carbocycles. The summed E-state index contributed by atoms with van der Waals surface area (Å²) in [5, 5.41) is 8.95. The molecule has 0 aliphatic heterocycles. The van der Waals surface area contributed by atoms with Crippen molar-refractivity contribution in [3.63, 3.8) is 0 Å². The highest BCUT2D eigenvalue weighted by molar-refractivity contribution is 14.0. The number of nitrogens with zero attached hydrogens (tertiary/aromatic N) is 1. The van der Waals surface area contributed by atoms with Crippen LogP contribution in [0.3, 0.4) is 0 Å². The smallest absolute Gasteiger partial charge is 0.307 e. The first-order valence-electron chi connectivity index (χ1n) is 8.00. The van der Waals surface area contributed by atoms with Crippen LogP contribution in [0.2, 0.25) is 0 Å². The summed E-state index contributed by atoms with van der Waals surface area (Å²) in [6.07, 6.45) is 1.01. The summed E-state index contributed by atoms with van der Waals surface area (Å²) >= 11 is 0. The van der Waals surface area contributed by atoms with E-state index in [-0.39, 0.29) is 42.3 Å². The molecule has 0 aliphatic rings. The maximum atomic E-state index is 11.6. The molecule has 0 aromatic heterocycles. The lowest BCUT2D eigenvalue weighted by molar-refractivity contribution is -0.140. The van der Waals surface area contributed by atoms with E-state index in [4.69, 9.17) is 0 Å². The highest BCUT2D eigenvalue weighted by Gasteiger charge is 2.04. The Morgan fingerprint density at radius 2 is 2.00 bits per heavy atom. The van der Waals surface area contributed by atoms with Crippen LogP contribution in [0.4, 0.5) is 0 Å². The van der Waals surface area contributed by atoms with Gasteiger partial charge in [-0.3, -0.25) is 14.6 Å². The Hall–Kier alpha value is -1.84. The van der Waals surface area contributed by atoms with Gasteiger partial charge in [0.1, 0.15) is 0 Å². The van der Waals surface area contributed by atoms with Gasteiger partial charge in [-0.2, -0.15) is 0 Å². The number of hydrogen-bond donors (Lipinski definition) is 3. The van der Waals surface area contributed by atoms with Crippen LogP contribution in [-0.4, -0.2) is 51.6 Å². The molecule has 0 spiro atoms. The molecular weight excluding hydrogens is 435 g/mol. The van der Waals surface area contributed by atoms with Crippen LogP contribution >= 0.6 is 24.0 Å². The normalized spacial score (nSPS) is 10.4. The Morgan fingerprint density at radius 3 is 2.64 bits per heavy atom. The van der Waals surface area contributed by atoms with E-state index >= 15 is 0 Å². The SMILES string of the molecule is CCNC(=NCCC(=O)OC)NCCc1cccc(C(=O)NC)c1.I. The fourth-order valence-electron chi connectivity index (χ4n) is 2.04. The second kappa shape index (κ2) is 13.5. The van der Waals surface area contributed by atoms with Gasteiger partial charge >= 0.3 is 5.97 Å². The maximum absolute atomic E-state index is 11.6. The lowest BCUT2D eigenvalue weighted by atomic mass is 10.1. The molecule has 0 heterocycles. The molecule has 1 rings (SSSR count). The molecule has 3 N–H and O–H groups in total. The van der Waals surface area contributed by atoms with E-state index in [0.29, 0.717) is 24.6 Å². The van der Waals surface area contributed by atoms with Gasteiger partial charge in [-0.15, -0.1) is 24.0 Å². The van der Waals surface area contributed by atoms with Crippen LogP contribution < -0.4 is 16.0 Å². The number of carbonyl (C=O) groups is 2. The summed E-state index contributed by atoms with van der Waals surface area (Å²) in [6.45, 7) is 3.75. The first-order chi connectivity index (χ1) is 11.6. The number of nitrogens with one attached hydrogen (secondary N) is 3. The van der Waals surface area contributed by atoms with Crippen molar-refractivity contribution in [3.8, 4) is 0 Å². The average molecular weight is 462 g/mol. The van der Waals surface area contributed by atoms with Gasteiger partial charge in [-0.1, -0.05) is 12.1 Å². The summed E-state index contributed by atoms with van der Waals surface area (Å²) in [6, 6.07) is 7.51. The fraction of sp³-hybridized carbons (Fsp3) is 0.471. The second-order valence-corrected chi connectivity index (χ2v) is 5.04. The molecule has 0 bridgehead atoms. The fourth-order valence-corrected chi connectivity index (χ4v) is 2.04. The Kier molecular flexibility index (Phi) is 12.5. The molecule has 8 heteroatoms. The van der Waals surface area contributed by atoms with Crippen molar-refractivity contribution in [2.75, 3.05) is 33.8 Å². The van der Waals surface area contributed by atoms with E-state index in [0.717, 1.165) is 18.5 Å². The number of carbonyl (C=O) groups excluding carboxylic acids is 2. The minimum Gasteiger partial charge on any atom is -0.469 e. The molecule has 0 aliphatic carbocycles. The van der Waals surface area contributed by atoms with Crippen LogP contribution in [0, 0.1) is 0 Å². The van der Waals surface area contributed by atoms with Crippen LogP contribution in [0.5, 0.6) is 0 Å². The number of amides is 1. The van der Waals surface area contributed by atoms with Crippen LogP contribution in [-0.2, 0) is 16.0 Å². The van der Waals surface area contributed by atoms with Crippen LogP contribution in [0.15, 0.2) is 29.3 Å². The molecule has 25 heavy (non-hydrogen) atoms. The number of benzene rings is 1. The number of hydrogen-bond acceptors (Lipinski definition) is 4. The summed E-state index contributed by atoms with van der Waals surface area (Å²) < 4.78 is 4.59. The van der Waals surface area contributed by atoms with Gasteiger partial charge in [0.05, 0.1) is 20.1 Å². The van der Waals surface area contributed by atoms with Gasteiger partial charge in [0.15, 0.2) is 5.96 Å². The van der Waals surface area contributed by atoms with Crippen molar-refractivity contribution in [2.24, 2.45) is 4.99 Å². The number of guanidine groups is 1. The predicted molar refractivity (Wildman–Crippen MR) is 110 cm³/mol. The third kappa shape index (κ3) is 9.28. The third-order valence-electron chi connectivity index (χ3n) is 3.28. The molecule has 0 saturated heterocycles. The quantitative estimate of drug-likeness (QED) is 0.235. The number of aliphatic imine (C=N–C) groups is 1. The van der Waals surface area contributed by atoms with Crippen molar-refractivity contribution in [2.45, 2.75) is 19.8 Å². The van der Waals surface area contributed by atoms with E-state index in [1.165, 1.54) is 7.11 Å². The zero-order valence-corrected chi connectivity index (χ0v) is 17.3. The van der Waals surface area contributed by atoms with Gasteiger partial charge in [-0.25, -0.2) is 0 Å². The molecule has 140 valence electrons. The minimum atomic E-state index is -0.277. The van der Waals surface area contributed by atoms with Gasteiger partial charge in [0, 0.05) is 25.7 Å². The van der Waals surface area contributed by atoms with E-state index < -0.39 is 0 Å². The van der Waals surface area contributed by atoms with Crippen LogP contribution in [0.25, 0.3) is 0 Å². The number of methoxy groups -OCH3 is 1. The van der Waals surface area contributed by atoms with Gasteiger partial charge in [-0.05, 0) is 31.0 Å². The monoisotopic (exact) mass is 462 g/mol. The highest BCUT2D eigenvalue weighted by atomic mass is 127. The zero-order valence-electron chi connectivity index (χ0n) is 14.9. The van der Waals surface area contributed by atoms with E-state index in [1.807, 2.05) is 25.1 Å².